The van der Waals surface area contributed by atoms with E-state index in [0.29, 0.717) is 18.7 Å². The normalized spacial score (nSPS) is 10.3. The molecule has 4 heteroatoms. The number of halogens is 1. The van der Waals surface area contributed by atoms with Crippen LogP contribution >= 0.6 is 0 Å². The molecule has 22 heavy (non-hydrogen) atoms. The van der Waals surface area contributed by atoms with Gasteiger partial charge in [0.05, 0.1) is 0 Å². The molecule has 0 saturated carbocycles. The van der Waals surface area contributed by atoms with Gasteiger partial charge in [0.2, 0.25) is 0 Å². The van der Waals surface area contributed by atoms with Gasteiger partial charge < -0.3 is 10.6 Å². The molecule has 0 aromatic heterocycles. The summed E-state index contributed by atoms with van der Waals surface area (Å²) in [4.78, 5) is 11.7. The van der Waals surface area contributed by atoms with Gasteiger partial charge in [-0.05, 0) is 48.6 Å². The monoisotopic (exact) mass is 300 g/mol. The number of carbonyl (C=O) groups is 1. The van der Waals surface area contributed by atoms with Crippen LogP contribution in [0.3, 0.4) is 0 Å². The largest absolute Gasteiger partial charge is 0.338 e. The van der Waals surface area contributed by atoms with Crippen molar-refractivity contribution in [3.05, 3.63) is 70.5 Å². The van der Waals surface area contributed by atoms with E-state index in [9.17, 15) is 9.18 Å². The summed E-state index contributed by atoms with van der Waals surface area (Å²) in [6.45, 7) is 4.74. The molecule has 0 unspecified atom stereocenters. The molecule has 0 aliphatic heterocycles. The standard InChI is InChI=1S/C18H21FN2O/c1-13-5-3-4-6-16(13)9-10-20-18(22)21-12-15-7-8-17(19)14(2)11-15/h3-8,11H,9-10,12H2,1-2H3,(H2,20,21,22). The molecule has 0 bridgehead atoms. The Bertz CT molecular complexity index is 655. The molecule has 2 aromatic rings. The molecular formula is C18H21FN2O. The van der Waals surface area contributed by atoms with Gasteiger partial charge in [0, 0.05) is 13.1 Å². The molecule has 0 saturated heterocycles. The SMILES string of the molecule is Cc1cc(CNC(=O)NCCc2ccccc2C)ccc1F. The summed E-state index contributed by atoms with van der Waals surface area (Å²) in [5, 5.41) is 5.60. The van der Waals surface area contributed by atoms with Gasteiger partial charge in [0.15, 0.2) is 0 Å². The Balaban J connectivity index is 1.74. The highest BCUT2D eigenvalue weighted by Crippen LogP contribution is 2.09. The summed E-state index contributed by atoms with van der Waals surface area (Å²) in [5.74, 6) is -0.230. The number of rotatable bonds is 5. The zero-order chi connectivity index (χ0) is 15.9. The smallest absolute Gasteiger partial charge is 0.315 e. The lowest BCUT2D eigenvalue weighted by Crippen LogP contribution is -2.36. The van der Waals surface area contributed by atoms with Crippen molar-refractivity contribution in [1.29, 1.82) is 0 Å². The lowest BCUT2D eigenvalue weighted by atomic mass is 10.1. The predicted molar refractivity (Wildman–Crippen MR) is 86.3 cm³/mol. The highest BCUT2D eigenvalue weighted by molar-refractivity contribution is 5.73. The van der Waals surface area contributed by atoms with Gasteiger partial charge in [0.1, 0.15) is 5.82 Å². The lowest BCUT2D eigenvalue weighted by molar-refractivity contribution is 0.240. The lowest BCUT2D eigenvalue weighted by Gasteiger charge is -2.09. The second kappa shape index (κ2) is 7.59. The van der Waals surface area contributed by atoms with Crippen LogP contribution in [0.2, 0.25) is 0 Å². The first-order chi connectivity index (χ1) is 10.6. The number of aryl methyl sites for hydroxylation is 2. The van der Waals surface area contributed by atoms with E-state index in [1.165, 1.54) is 17.2 Å². The van der Waals surface area contributed by atoms with E-state index in [4.69, 9.17) is 0 Å². The second-order valence-electron chi connectivity index (χ2n) is 5.37. The van der Waals surface area contributed by atoms with E-state index in [2.05, 4.69) is 29.7 Å². The number of carbonyl (C=O) groups excluding carboxylic acids is 1. The van der Waals surface area contributed by atoms with Gasteiger partial charge in [-0.3, -0.25) is 0 Å². The zero-order valence-electron chi connectivity index (χ0n) is 12.9. The van der Waals surface area contributed by atoms with Crippen LogP contribution in [0, 0.1) is 19.7 Å². The first kappa shape index (κ1) is 16.0. The molecule has 0 spiro atoms. The molecule has 2 rings (SSSR count). The number of nitrogens with one attached hydrogen (secondary N) is 2. The Hall–Kier alpha value is -2.36. The van der Waals surface area contributed by atoms with Crippen molar-refractivity contribution in [2.45, 2.75) is 26.8 Å². The third-order valence-electron chi connectivity index (χ3n) is 3.62. The molecule has 2 amide bonds. The predicted octanol–water partition coefficient (Wildman–Crippen LogP) is 3.48. The van der Waals surface area contributed by atoms with Crippen LogP contribution in [0.4, 0.5) is 9.18 Å². The fourth-order valence-corrected chi connectivity index (χ4v) is 2.26. The van der Waals surface area contributed by atoms with E-state index in [0.717, 1.165) is 12.0 Å². The van der Waals surface area contributed by atoms with Gasteiger partial charge in [0.25, 0.3) is 0 Å². The average Bonchev–Trinajstić information content (AvgIpc) is 2.50. The molecular weight excluding hydrogens is 279 g/mol. The summed E-state index contributed by atoms with van der Waals surface area (Å²) in [5.41, 5.74) is 3.93. The Morgan fingerprint density at radius 2 is 1.82 bits per heavy atom. The molecule has 3 nitrogen and oxygen atoms in total. The van der Waals surface area contributed by atoms with Crippen molar-refractivity contribution in [3.63, 3.8) is 0 Å². The van der Waals surface area contributed by atoms with Crippen molar-refractivity contribution in [2.75, 3.05) is 6.54 Å². The molecule has 0 heterocycles. The topological polar surface area (TPSA) is 41.1 Å². The summed E-state index contributed by atoms with van der Waals surface area (Å²) < 4.78 is 13.2. The van der Waals surface area contributed by atoms with Crippen molar-refractivity contribution in [1.82, 2.24) is 10.6 Å². The maximum atomic E-state index is 13.2. The molecule has 116 valence electrons. The molecule has 2 aromatic carbocycles. The van der Waals surface area contributed by atoms with Crippen LogP contribution in [0.15, 0.2) is 42.5 Å². The van der Waals surface area contributed by atoms with Crippen molar-refractivity contribution in [2.24, 2.45) is 0 Å². The van der Waals surface area contributed by atoms with Crippen LogP contribution in [0.25, 0.3) is 0 Å². The molecule has 0 aliphatic rings. The Morgan fingerprint density at radius 1 is 1.05 bits per heavy atom. The van der Waals surface area contributed by atoms with E-state index >= 15 is 0 Å². The van der Waals surface area contributed by atoms with Crippen LogP contribution in [0.1, 0.15) is 22.3 Å². The number of benzene rings is 2. The minimum Gasteiger partial charge on any atom is -0.338 e. The zero-order valence-corrected chi connectivity index (χ0v) is 12.9. The summed E-state index contributed by atoms with van der Waals surface area (Å²) in [7, 11) is 0. The van der Waals surface area contributed by atoms with Gasteiger partial charge >= 0.3 is 6.03 Å². The van der Waals surface area contributed by atoms with Gasteiger partial charge in [-0.1, -0.05) is 36.4 Å². The number of hydrogen-bond donors (Lipinski definition) is 2. The molecule has 0 radical (unpaired) electrons. The first-order valence-corrected chi connectivity index (χ1v) is 7.37. The second-order valence-corrected chi connectivity index (χ2v) is 5.37. The van der Waals surface area contributed by atoms with E-state index in [-0.39, 0.29) is 11.8 Å². The Labute approximate surface area is 130 Å². The van der Waals surface area contributed by atoms with Crippen molar-refractivity contribution < 1.29 is 9.18 Å². The summed E-state index contributed by atoms with van der Waals surface area (Å²) in [6.07, 6.45) is 0.801. The molecule has 0 aliphatic carbocycles. The van der Waals surface area contributed by atoms with E-state index in [1.807, 2.05) is 12.1 Å². The first-order valence-electron chi connectivity index (χ1n) is 7.37. The number of urea groups is 1. The van der Waals surface area contributed by atoms with E-state index < -0.39 is 0 Å². The average molecular weight is 300 g/mol. The molecule has 0 atom stereocenters. The van der Waals surface area contributed by atoms with Gasteiger partial charge in [-0.2, -0.15) is 0 Å². The molecule has 0 fully saturated rings. The highest BCUT2D eigenvalue weighted by atomic mass is 19.1. The third-order valence-corrected chi connectivity index (χ3v) is 3.62. The van der Waals surface area contributed by atoms with Gasteiger partial charge in [-0.25, -0.2) is 9.18 Å². The van der Waals surface area contributed by atoms with Gasteiger partial charge in [-0.15, -0.1) is 0 Å². The maximum absolute atomic E-state index is 13.2. The minimum atomic E-state index is -0.230. The maximum Gasteiger partial charge on any atom is 0.315 e. The van der Waals surface area contributed by atoms with Crippen LogP contribution < -0.4 is 10.6 Å². The summed E-state index contributed by atoms with van der Waals surface area (Å²) in [6, 6.07) is 12.8. The minimum absolute atomic E-state index is 0.212. The fourth-order valence-electron chi connectivity index (χ4n) is 2.26. The fraction of sp³-hybridized carbons (Fsp3) is 0.278. The number of hydrogen-bond acceptors (Lipinski definition) is 1. The third kappa shape index (κ3) is 4.58. The Kier molecular flexibility index (Phi) is 5.53. The van der Waals surface area contributed by atoms with Crippen molar-refractivity contribution in [3.8, 4) is 0 Å². The quantitative estimate of drug-likeness (QED) is 0.872. The van der Waals surface area contributed by atoms with Crippen LogP contribution in [-0.4, -0.2) is 12.6 Å². The summed E-state index contributed by atoms with van der Waals surface area (Å²) >= 11 is 0. The van der Waals surface area contributed by atoms with E-state index in [1.54, 1.807) is 19.1 Å². The number of amides is 2. The van der Waals surface area contributed by atoms with Crippen molar-refractivity contribution >= 4 is 6.03 Å². The molecule has 2 N–H and O–H groups in total. The van der Waals surface area contributed by atoms with Crippen LogP contribution in [0.5, 0.6) is 0 Å². The van der Waals surface area contributed by atoms with Crippen LogP contribution in [-0.2, 0) is 13.0 Å². The highest BCUT2D eigenvalue weighted by Gasteiger charge is 2.03. The Morgan fingerprint density at radius 3 is 2.55 bits per heavy atom.